The Kier molecular flexibility index (Phi) is 1.96. The minimum absolute atomic E-state index is 0.0279. The molecule has 0 atom stereocenters. The van der Waals surface area contributed by atoms with Crippen molar-refractivity contribution in [3.05, 3.63) is 46.3 Å². The molecule has 1 N–H and O–H groups in total. The monoisotopic (exact) mass is 208 g/mol. The van der Waals surface area contributed by atoms with Crippen molar-refractivity contribution in [3.63, 3.8) is 0 Å². The van der Waals surface area contributed by atoms with Gasteiger partial charge >= 0.3 is 5.97 Å². The summed E-state index contributed by atoms with van der Waals surface area (Å²) in [6.07, 6.45) is 1.20. The van der Waals surface area contributed by atoms with Gasteiger partial charge in [-0.25, -0.2) is 14.2 Å². The Labute approximate surface area is 82.4 Å². The number of rotatable bonds is 1. The molecule has 0 saturated carbocycles. The van der Waals surface area contributed by atoms with Crippen molar-refractivity contribution in [1.29, 1.82) is 0 Å². The highest BCUT2D eigenvalue weighted by atomic mass is 19.1. The molecule has 0 unspecified atom stereocenters. The molecule has 6 heteroatoms. The molecule has 2 rings (SSSR count). The number of hydrogen-bond donors (Lipinski definition) is 1. The molecule has 0 aliphatic heterocycles. The number of carboxylic acids is 1. The number of pyridine rings is 1. The van der Waals surface area contributed by atoms with Crippen LogP contribution in [0.1, 0.15) is 10.5 Å². The topological polar surface area (TPSA) is 71.7 Å². The predicted octanol–water partition coefficient (Wildman–Crippen LogP) is 0.532. The van der Waals surface area contributed by atoms with E-state index < -0.39 is 23.0 Å². The highest BCUT2D eigenvalue weighted by molar-refractivity contribution is 5.85. The minimum atomic E-state index is -1.32. The molecule has 76 valence electrons. The molecule has 0 saturated heterocycles. The number of aromatic carboxylic acids is 1. The largest absolute Gasteiger partial charge is 0.477 e. The van der Waals surface area contributed by atoms with E-state index in [0.717, 1.165) is 22.6 Å². The number of halogens is 1. The van der Waals surface area contributed by atoms with Crippen molar-refractivity contribution in [2.24, 2.45) is 0 Å². The lowest BCUT2D eigenvalue weighted by molar-refractivity contribution is 0.0690. The number of fused-ring (bicyclic) bond motifs is 1. The fourth-order valence-electron chi connectivity index (χ4n) is 1.19. The molecule has 15 heavy (non-hydrogen) atoms. The molecule has 2 aromatic heterocycles. The number of aromatic nitrogens is 2. The zero-order chi connectivity index (χ0) is 11.0. The highest BCUT2D eigenvalue weighted by Crippen LogP contribution is 2.02. The fourth-order valence-corrected chi connectivity index (χ4v) is 1.19. The summed E-state index contributed by atoms with van der Waals surface area (Å²) in [6.45, 7) is 0. The Morgan fingerprint density at radius 1 is 1.47 bits per heavy atom. The van der Waals surface area contributed by atoms with Crippen LogP contribution in [0.25, 0.3) is 5.65 Å². The van der Waals surface area contributed by atoms with E-state index >= 15 is 0 Å². The number of nitrogens with zero attached hydrogens (tertiary/aromatic N) is 2. The smallest absolute Gasteiger partial charge is 0.354 e. The van der Waals surface area contributed by atoms with E-state index in [9.17, 15) is 14.0 Å². The van der Waals surface area contributed by atoms with Crippen molar-refractivity contribution in [2.45, 2.75) is 0 Å². The quantitative estimate of drug-likeness (QED) is 0.742. The van der Waals surface area contributed by atoms with Gasteiger partial charge in [0.15, 0.2) is 5.69 Å². The second-order valence-corrected chi connectivity index (χ2v) is 2.86. The summed E-state index contributed by atoms with van der Waals surface area (Å²) in [5.41, 5.74) is -0.983. The van der Waals surface area contributed by atoms with Crippen LogP contribution in [-0.4, -0.2) is 20.5 Å². The van der Waals surface area contributed by atoms with Crippen LogP contribution in [-0.2, 0) is 0 Å². The van der Waals surface area contributed by atoms with Crippen LogP contribution in [0, 0.1) is 5.82 Å². The van der Waals surface area contributed by atoms with E-state index in [1.165, 1.54) is 6.20 Å². The van der Waals surface area contributed by atoms with E-state index in [1.54, 1.807) is 0 Å². The molecule has 0 aliphatic rings. The lowest BCUT2D eigenvalue weighted by Crippen LogP contribution is -2.17. The third kappa shape index (κ3) is 1.56. The van der Waals surface area contributed by atoms with Gasteiger partial charge in [0.05, 0.1) is 0 Å². The Bertz CT molecular complexity index is 606. The summed E-state index contributed by atoms with van der Waals surface area (Å²) in [5.74, 6) is -1.90. The van der Waals surface area contributed by atoms with Gasteiger partial charge < -0.3 is 5.11 Å². The molecule has 0 radical (unpaired) electrons. The van der Waals surface area contributed by atoms with E-state index in [0.29, 0.717) is 0 Å². The van der Waals surface area contributed by atoms with Crippen molar-refractivity contribution in [2.75, 3.05) is 0 Å². The van der Waals surface area contributed by atoms with E-state index in [1.807, 2.05) is 0 Å². The van der Waals surface area contributed by atoms with Crippen molar-refractivity contribution in [1.82, 2.24) is 9.38 Å². The minimum Gasteiger partial charge on any atom is -0.477 e. The summed E-state index contributed by atoms with van der Waals surface area (Å²) in [4.78, 5) is 25.5. The van der Waals surface area contributed by atoms with Crippen LogP contribution in [0.15, 0.2) is 29.2 Å². The van der Waals surface area contributed by atoms with Gasteiger partial charge in [-0.05, 0) is 6.07 Å². The first-order valence-electron chi connectivity index (χ1n) is 4.00. The Morgan fingerprint density at radius 2 is 2.20 bits per heavy atom. The molecule has 0 bridgehead atoms. The summed E-state index contributed by atoms with van der Waals surface area (Å²) in [7, 11) is 0. The second kappa shape index (κ2) is 3.16. The van der Waals surface area contributed by atoms with Gasteiger partial charge in [0.25, 0.3) is 5.56 Å². The Balaban J connectivity index is 2.85. The predicted molar refractivity (Wildman–Crippen MR) is 48.4 cm³/mol. The van der Waals surface area contributed by atoms with Gasteiger partial charge in [-0.15, -0.1) is 0 Å². The maximum absolute atomic E-state index is 12.8. The van der Waals surface area contributed by atoms with E-state index in [4.69, 9.17) is 5.11 Å². The van der Waals surface area contributed by atoms with Crippen LogP contribution in [0.4, 0.5) is 4.39 Å². The lowest BCUT2D eigenvalue weighted by atomic mass is 10.3. The third-order valence-corrected chi connectivity index (χ3v) is 1.85. The van der Waals surface area contributed by atoms with Crippen molar-refractivity contribution >= 4 is 11.6 Å². The molecule has 0 amide bonds. The van der Waals surface area contributed by atoms with Gasteiger partial charge in [0.2, 0.25) is 0 Å². The van der Waals surface area contributed by atoms with Gasteiger partial charge in [-0.2, -0.15) is 0 Å². The first-order chi connectivity index (χ1) is 7.08. The molecule has 0 spiro atoms. The first kappa shape index (κ1) is 9.32. The Hall–Kier alpha value is -2.24. The van der Waals surface area contributed by atoms with Gasteiger partial charge in [-0.3, -0.25) is 9.20 Å². The number of hydrogen-bond acceptors (Lipinski definition) is 3. The number of carboxylic acid groups (broad SMARTS) is 1. The average molecular weight is 208 g/mol. The molecule has 0 aliphatic carbocycles. The molecular formula is C9H5FN2O3. The number of carbonyl (C=O) groups is 1. The van der Waals surface area contributed by atoms with Crippen LogP contribution in [0.5, 0.6) is 0 Å². The van der Waals surface area contributed by atoms with Crippen molar-refractivity contribution < 1.29 is 14.3 Å². The molecule has 5 nitrogen and oxygen atoms in total. The van der Waals surface area contributed by atoms with Crippen LogP contribution < -0.4 is 5.56 Å². The zero-order valence-corrected chi connectivity index (χ0v) is 7.35. The molecule has 0 fully saturated rings. The van der Waals surface area contributed by atoms with Crippen LogP contribution in [0.2, 0.25) is 0 Å². The second-order valence-electron chi connectivity index (χ2n) is 2.86. The first-order valence-corrected chi connectivity index (χ1v) is 4.00. The van der Waals surface area contributed by atoms with Crippen LogP contribution >= 0.6 is 0 Å². The summed E-state index contributed by atoms with van der Waals surface area (Å²) in [5, 5.41) is 8.63. The lowest BCUT2D eigenvalue weighted by Gasteiger charge is -2.00. The van der Waals surface area contributed by atoms with Gasteiger partial charge in [0, 0.05) is 18.3 Å². The zero-order valence-electron chi connectivity index (χ0n) is 7.35. The summed E-state index contributed by atoms with van der Waals surface area (Å²) < 4.78 is 13.9. The maximum atomic E-state index is 12.8. The standard InChI is InChI=1S/C9H5FN2O3/c10-5-1-2-12-7(3-5)11-6(9(14)15)4-8(12)13/h1-4H,(H,14,15). The summed E-state index contributed by atoms with van der Waals surface area (Å²) >= 11 is 0. The van der Waals surface area contributed by atoms with E-state index in [2.05, 4.69) is 4.98 Å². The summed E-state index contributed by atoms with van der Waals surface area (Å²) in [6, 6.07) is 2.97. The normalized spacial score (nSPS) is 10.5. The Morgan fingerprint density at radius 3 is 2.87 bits per heavy atom. The van der Waals surface area contributed by atoms with Crippen molar-refractivity contribution in [3.8, 4) is 0 Å². The molecule has 2 aromatic rings. The third-order valence-electron chi connectivity index (χ3n) is 1.85. The molecule has 2 heterocycles. The van der Waals surface area contributed by atoms with E-state index in [-0.39, 0.29) is 5.65 Å². The highest BCUT2D eigenvalue weighted by Gasteiger charge is 2.08. The van der Waals surface area contributed by atoms with Crippen LogP contribution in [0.3, 0.4) is 0 Å². The van der Waals surface area contributed by atoms with Gasteiger partial charge in [0.1, 0.15) is 11.5 Å². The molecule has 0 aromatic carbocycles. The molecular weight excluding hydrogens is 203 g/mol. The SMILES string of the molecule is O=C(O)c1cc(=O)n2ccc(F)cc2n1. The average Bonchev–Trinajstić information content (AvgIpc) is 2.16. The maximum Gasteiger partial charge on any atom is 0.354 e. The van der Waals surface area contributed by atoms with Gasteiger partial charge in [-0.1, -0.05) is 0 Å². The fraction of sp³-hybridized carbons (Fsp3) is 0.